The Labute approximate surface area is 229 Å². The number of aliphatic carboxylic acids is 2. The second-order valence-corrected chi connectivity index (χ2v) is 12.5. The molecule has 212 valence electrons. The summed E-state index contributed by atoms with van der Waals surface area (Å²) in [6.07, 6.45) is 11.2. The van der Waals surface area contributed by atoms with Gasteiger partial charge in [0.25, 0.3) is 0 Å². The molecule has 9 heteroatoms. The zero-order valence-corrected chi connectivity index (χ0v) is 22.9. The summed E-state index contributed by atoms with van der Waals surface area (Å²) in [5.41, 5.74) is 0.340. The number of carboxylic acid groups (broad SMARTS) is 2. The van der Waals surface area contributed by atoms with Crippen LogP contribution in [0.2, 0.25) is 0 Å². The highest BCUT2D eigenvalue weighted by Gasteiger charge is 2.49. The molecular formula is C30H41N3O6. The van der Waals surface area contributed by atoms with Crippen molar-refractivity contribution in [2.45, 2.75) is 102 Å². The first kappa shape index (κ1) is 27.6. The maximum Gasteiger partial charge on any atom is 0.394 e. The molecular weight excluding hydrogens is 498 g/mol. The molecule has 5 rings (SSSR count). The van der Waals surface area contributed by atoms with Crippen molar-refractivity contribution in [1.82, 2.24) is 4.90 Å². The van der Waals surface area contributed by atoms with Gasteiger partial charge in [-0.2, -0.15) is 0 Å². The summed E-state index contributed by atoms with van der Waals surface area (Å²) in [5.74, 6) is -2.81. The van der Waals surface area contributed by atoms with Crippen LogP contribution in [-0.2, 0) is 19.2 Å². The molecule has 8 atom stereocenters. The fraction of sp³-hybridized carbons (Fsp3) is 0.667. The lowest BCUT2D eigenvalue weighted by molar-refractivity contribution is -0.149. The lowest BCUT2D eigenvalue weighted by Crippen LogP contribution is -2.63. The molecule has 2 aliphatic carbocycles. The van der Waals surface area contributed by atoms with E-state index in [0.717, 1.165) is 30.6 Å². The van der Waals surface area contributed by atoms with Crippen LogP contribution in [0.25, 0.3) is 0 Å². The normalized spacial score (nSPS) is 34.4. The summed E-state index contributed by atoms with van der Waals surface area (Å²) in [6.45, 7) is 4.70. The minimum Gasteiger partial charge on any atom is -0.474 e. The van der Waals surface area contributed by atoms with Crippen molar-refractivity contribution in [3.8, 4) is 0 Å². The molecule has 1 aromatic rings. The van der Waals surface area contributed by atoms with Gasteiger partial charge in [0.1, 0.15) is 0 Å². The first-order valence-corrected chi connectivity index (χ1v) is 14.6. The van der Waals surface area contributed by atoms with Crippen LogP contribution < -0.4 is 10.2 Å². The Morgan fingerprint density at radius 1 is 0.821 bits per heavy atom. The van der Waals surface area contributed by atoms with Gasteiger partial charge in [-0.05, 0) is 80.8 Å². The largest absolute Gasteiger partial charge is 0.474 e. The summed E-state index contributed by atoms with van der Waals surface area (Å²) in [5, 5.41) is 21.2. The number of para-hydroxylation sites is 2. The van der Waals surface area contributed by atoms with Gasteiger partial charge < -0.3 is 15.5 Å². The highest BCUT2D eigenvalue weighted by atomic mass is 16.4. The summed E-state index contributed by atoms with van der Waals surface area (Å²) in [6, 6.07) is 7.02. The molecule has 0 radical (unpaired) electrons. The van der Waals surface area contributed by atoms with Crippen LogP contribution in [0.1, 0.15) is 78.1 Å². The molecule has 4 fully saturated rings. The Morgan fingerprint density at radius 3 is 2.28 bits per heavy atom. The molecule has 2 saturated heterocycles. The van der Waals surface area contributed by atoms with Crippen LogP contribution >= 0.6 is 0 Å². The third-order valence-corrected chi connectivity index (χ3v) is 10.2. The van der Waals surface area contributed by atoms with Gasteiger partial charge in [-0.15, -0.1) is 0 Å². The third kappa shape index (κ3) is 5.55. The molecule has 4 aliphatic rings. The molecule has 9 nitrogen and oxygen atoms in total. The standard InChI is InChI=1S/C30H41N3O6/c1-17-7-9-19-10-11-20(17)14-22(13-19)32-21-12-8-18(2)26(32)16-23(15-21)33(28(35)30(38)39)25-6-4-3-5-24(25)31-27(34)29(36)37/h3-6,17-23,26H,7-16H2,1-2H3,(H,31,34)(H,36,37)(H,38,39). The van der Waals surface area contributed by atoms with Crippen LogP contribution in [0.15, 0.2) is 24.3 Å². The lowest BCUT2D eigenvalue weighted by Gasteiger charge is -2.56. The first-order valence-electron chi connectivity index (χ1n) is 14.6. The highest BCUT2D eigenvalue weighted by molar-refractivity contribution is 6.39. The van der Waals surface area contributed by atoms with Crippen molar-refractivity contribution in [2.75, 3.05) is 10.2 Å². The van der Waals surface area contributed by atoms with E-state index in [9.17, 15) is 24.3 Å². The second-order valence-electron chi connectivity index (χ2n) is 12.5. The van der Waals surface area contributed by atoms with Gasteiger partial charge in [0.05, 0.1) is 11.4 Å². The van der Waals surface area contributed by atoms with Gasteiger partial charge in [0, 0.05) is 24.2 Å². The molecule has 3 N–H and O–H groups in total. The van der Waals surface area contributed by atoms with Gasteiger partial charge in [-0.1, -0.05) is 45.2 Å². The number of anilines is 2. The fourth-order valence-electron chi connectivity index (χ4n) is 8.24. The molecule has 1 aromatic carbocycles. The van der Waals surface area contributed by atoms with E-state index in [1.165, 1.54) is 49.5 Å². The number of piperidine rings is 2. The van der Waals surface area contributed by atoms with Gasteiger partial charge in [0.15, 0.2) is 0 Å². The fourth-order valence-corrected chi connectivity index (χ4v) is 8.24. The monoisotopic (exact) mass is 539 g/mol. The molecule has 2 amide bonds. The summed E-state index contributed by atoms with van der Waals surface area (Å²) >= 11 is 0. The zero-order chi connectivity index (χ0) is 27.8. The Bertz CT molecular complexity index is 1120. The smallest absolute Gasteiger partial charge is 0.394 e. The van der Waals surface area contributed by atoms with E-state index in [1.807, 2.05) is 0 Å². The molecule has 0 aromatic heterocycles. The Kier molecular flexibility index (Phi) is 7.99. The van der Waals surface area contributed by atoms with Gasteiger partial charge in [-0.3, -0.25) is 19.4 Å². The number of carboxylic acids is 2. The summed E-state index contributed by atoms with van der Waals surface area (Å²) in [4.78, 5) is 52.5. The van der Waals surface area contributed by atoms with E-state index in [4.69, 9.17) is 5.11 Å². The average Bonchev–Trinajstić information content (AvgIpc) is 3.22. The predicted molar refractivity (Wildman–Crippen MR) is 146 cm³/mol. The second kappa shape index (κ2) is 11.3. The molecule has 8 unspecified atom stereocenters. The van der Waals surface area contributed by atoms with E-state index in [1.54, 1.807) is 18.2 Å². The quantitative estimate of drug-likeness (QED) is 0.485. The van der Waals surface area contributed by atoms with Crippen LogP contribution in [0.5, 0.6) is 0 Å². The van der Waals surface area contributed by atoms with E-state index < -0.39 is 23.8 Å². The SMILES string of the molecule is CC1CCC2CCC1CC(N1C3CCC(C)C1CC(N(C(=O)C(=O)O)c1ccccc1NC(=O)C(=O)O)C3)C2. The van der Waals surface area contributed by atoms with Gasteiger partial charge >= 0.3 is 23.8 Å². The average molecular weight is 540 g/mol. The highest BCUT2D eigenvalue weighted by Crippen LogP contribution is 2.48. The van der Waals surface area contributed by atoms with Crippen molar-refractivity contribution in [2.24, 2.45) is 23.7 Å². The van der Waals surface area contributed by atoms with Crippen LogP contribution in [0.3, 0.4) is 0 Å². The van der Waals surface area contributed by atoms with E-state index in [0.29, 0.717) is 24.8 Å². The number of fused-ring (bicyclic) bond motifs is 5. The molecule has 0 spiro atoms. The number of rotatable bonds is 4. The Morgan fingerprint density at radius 2 is 1.54 bits per heavy atom. The van der Waals surface area contributed by atoms with Crippen molar-refractivity contribution in [3.05, 3.63) is 24.3 Å². The minimum absolute atomic E-state index is 0.116. The number of hydrogen-bond acceptors (Lipinski definition) is 5. The van der Waals surface area contributed by atoms with E-state index in [-0.39, 0.29) is 29.5 Å². The molecule has 4 bridgehead atoms. The predicted octanol–water partition coefficient (Wildman–Crippen LogP) is 4.36. The maximum atomic E-state index is 13.2. The van der Waals surface area contributed by atoms with Crippen LogP contribution in [-0.4, -0.2) is 63.0 Å². The maximum absolute atomic E-state index is 13.2. The minimum atomic E-state index is -1.65. The van der Waals surface area contributed by atoms with Crippen molar-refractivity contribution in [3.63, 3.8) is 0 Å². The van der Waals surface area contributed by atoms with Crippen molar-refractivity contribution >= 4 is 35.1 Å². The number of amides is 2. The summed E-state index contributed by atoms with van der Waals surface area (Å²) < 4.78 is 0. The van der Waals surface area contributed by atoms with Crippen molar-refractivity contribution < 1.29 is 29.4 Å². The Hall–Kier alpha value is -2.94. The van der Waals surface area contributed by atoms with Crippen LogP contribution in [0.4, 0.5) is 11.4 Å². The van der Waals surface area contributed by atoms with Crippen molar-refractivity contribution in [1.29, 1.82) is 0 Å². The van der Waals surface area contributed by atoms with Gasteiger partial charge in [0.2, 0.25) is 0 Å². The molecule has 2 aliphatic heterocycles. The number of benzene rings is 1. The first-order chi connectivity index (χ1) is 18.6. The number of carbonyl (C=O) groups is 4. The Balaban J connectivity index is 1.46. The number of nitrogens with zero attached hydrogens (tertiary/aromatic N) is 2. The number of nitrogens with one attached hydrogen (secondary N) is 1. The zero-order valence-electron chi connectivity index (χ0n) is 22.9. The third-order valence-electron chi connectivity index (χ3n) is 10.2. The molecule has 2 saturated carbocycles. The number of carbonyl (C=O) groups excluding carboxylic acids is 2. The molecule has 2 heterocycles. The number of hydrogen-bond donors (Lipinski definition) is 3. The van der Waals surface area contributed by atoms with Crippen LogP contribution in [0, 0.1) is 23.7 Å². The van der Waals surface area contributed by atoms with E-state index >= 15 is 0 Å². The van der Waals surface area contributed by atoms with E-state index in [2.05, 4.69) is 24.1 Å². The lowest BCUT2D eigenvalue weighted by atomic mass is 9.72. The molecule has 39 heavy (non-hydrogen) atoms. The van der Waals surface area contributed by atoms with Gasteiger partial charge in [-0.25, -0.2) is 9.59 Å². The topological polar surface area (TPSA) is 127 Å². The summed E-state index contributed by atoms with van der Waals surface area (Å²) in [7, 11) is 0.